The van der Waals surface area contributed by atoms with Gasteiger partial charge >= 0.3 is 0 Å². The second-order valence-electron chi connectivity index (χ2n) is 7.68. The molecule has 0 bridgehead atoms. The maximum Gasteiger partial charge on any atom is 0.206 e. The zero-order valence-corrected chi connectivity index (χ0v) is 22.4. The van der Waals surface area contributed by atoms with Gasteiger partial charge in [0.05, 0.1) is 28.8 Å². The summed E-state index contributed by atoms with van der Waals surface area (Å²) in [6.07, 6.45) is 1.87. The van der Waals surface area contributed by atoms with E-state index >= 15 is 0 Å². The molecule has 1 aromatic carbocycles. The second-order valence-corrected chi connectivity index (χ2v) is 7.68. The van der Waals surface area contributed by atoms with E-state index in [1.54, 1.807) is 0 Å². The summed E-state index contributed by atoms with van der Waals surface area (Å²) >= 11 is 0. The van der Waals surface area contributed by atoms with Gasteiger partial charge in [-0.2, -0.15) is 0 Å². The molecule has 0 unspecified atom stereocenters. The molecule has 2 aromatic heterocycles. The Bertz CT molecular complexity index is 1120. The van der Waals surface area contributed by atoms with Crippen LogP contribution in [0.4, 0.5) is 5.95 Å². The first-order chi connectivity index (χ1) is 16.3. The monoisotopic (exact) mass is 461 g/mol. The number of nitrogens with one attached hydrogen (secondary N) is 1. The summed E-state index contributed by atoms with van der Waals surface area (Å²) in [5.74, 6) is 0.415. The minimum Gasteiger partial charge on any atom is -0.377 e. The molecule has 34 heavy (non-hydrogen) atoms. The van der Waals surface area contributed by atoms with Crippen LogP contribution in [0.1, 0.15) is 95.6 Å². The summed E-state index contributed by atoms with van der Waals surface area (Å²) in [6.45, 7) is 28.6. The minimum absolute atomic E-state index is 0.129. The molecule has 0 aliphatic heterocycles. The van der Waals surface area contributed by atoms with E-state index in [9.17, 15) is 0 Å². The highest BCUT2D eigenvalue weighted by atomic mass is 15.2. The van der Waals surface area contributed by atoms with E-state index in [1.807, 2.05) is 52.0 Å². The molecule has 0 aliphatic carbocycles. The number of aryl methyl sites for hydroxylation is 1. The van der Waals surface area contributed by atoms with Gasteiger partial charge in [0.1, 0.15) is 0 Å². The standard InChI is InChI=1S/C25H31N5.2C2H6/c1-8-16(5)19-10-12-20(13-11-19)21(9-2)27-17(6)22-14-23(15(3)4)30-24(29-22)18(7)28-25(30)26;2*1-2/h10-14,21,27H,3,5-6,8-9H2,1-2,4,7H3,(H2,26,28);2*1-2H3/t21-;;/m0../s1. The number of benzene rings is 1. The Balaban J connectivity index is 0.00000137. The highest BCUT2D eigenvalue weighted by Gasteiger charge is 2.17. The average molecular weight is 462 g/mol. The number of hydrogen-bond acceptors (Lipinski definition) is 4. The van der Waals surface area contributed by atoms with Crippen molar-refractivity contribution in [2.24, 2.45) is 0 Å². The number of allylic oxidation sites excluding steroid dienone is 2. The Morgan fingerprint density at radius 2 is 1.62 bits per heavy atom. The molecule has 5 heteroatoms. The van der Waals surface area contributed by atoms with Crippen LogP contribution in [0.2, 0.25) is 0 Å². The van der Waals surface area contributed by atoms with Crippen LogP contribution in [0.5, 0.6) is 0 Å². The molecule has 0 saturated carbocycles. The van der Waals surface area contributed by atoms with Gasteiger partial charge in [0, 0.05) is 0 Å². The topological polar surface area (TPSA) is 68.2 Å². The molecule has 0 aliphatic rings. The van der Waals surface area contributed by atoms with E-state index in [0.29, 0.717) is 5.95 Å². The van der Waals surface area contributed by atoms with Crippen molar-refractivity contribution in [1.82, 2.24) is 19.7 Å². The van der Waals surface area contributed by atoms with E-state index in [4.69, 9.17) is 10.7 Å². The molecule has 5 nitrogen and oxygen atoms in total. The van der Waals surface area contributed by atoms with Gasteiger partial charge in [-0.15, -0.1) is 0 Å². The Hall–Kier alpha value is -3.34. The first kappa shape index (κ1) is 28.7. The summed E-state index contributed by atoms with van der Waals surface area (Å²) in [7, 11) is 0. The van der Waals surface area contributed by atoms with Crippen LogP contribution < -0.4 is 11.1 Å². The first-order valence-corrected chi connectivity index (χ1v) is 12.3. The third kappa shape index (κ3) is 6.37. The Morgan fingerprint density at radius 3 is 2.12 bits per heavy atom. The molecule has 0 saturated heterocycles. The fourth-order valence-corrected chi connectivity index (χ4v) is 3.58. The second kappa shape index (κ2) is 13.4. The van der Waals surface area contributed by atoms with Crippen LogP contribution in [-0.2, 0) is 0 Å². The Kier molecular flexibility index (Phi) is 11.3. The van der Waals surface area contributed by atoms with Gasteiger partial charge in [0.15, 0.2) is 5.65 Å². The van der Waals surface area contributed by atoms with E-state index < -0.39 is 0 Å². The molecule has 0 fully saturated rings. The van der Waals surface area contributed by atoms with Crippen LogP contribution in [-0.4, -0.2) is 14.4 Å². The van der Waals surface area contributed by atoms with Gasteiger partial charge in [0.25, 0.3) is 0 Å². The van der Waals surface area contributed by atoms with Crippen molar-refractivity contribution < 1.29 is 0 Å². The molecule has 2 heterocycles. The summed E-state index contributed by atoms with van der Waals surface area (Å²) in [6, 6.07) is 10.7. The summed E-state index contributed by atoms with van der Waals surface area (Å²) < 4.78 is 1.84. The van der Waals surface area contributed by atoms with Crippen molar-refractivity contribution in [2.75, 3.05) is 5.73 Å². The number of nitrogens with two attached hydrogens (primary N) is 1. The zero-order chi connectivity index (χ0) is 26.0. The largest absolute Gasteiger partial charge is 0.377 e. The lowest BCUT2D eigenvalue weighted by Gasteiger charge is -2.21. The number of nitrogens with zero attached hydrogens (tertiary/aromatic N) is 3. The van der Waals surface area contributed by atoms with Crippen LogP contribution in [0.15, 0.2) is 50.1 Å². The molecule has 0 spiro atoms. The van der Waals surface area contributed by atoms with Crippen LogP contribution in [0.3, 0.4) is 0 Å². The lowest BCUT2D eigenvalue weighted by atomic mass is 9.99. The van der Waals surface area contributed by atoms with Gasteiger partial charge in [-0.1, -0.05) is 85.5 Å². The molecule has 1 atom stereocenters. The van der Waals surface area contributed by atoms with E-state index in [0.717, 1.165) is 52.4 Å². The quantitative estimate of drug-likeness (QED) is 0.358. The summed E-state index contributed by atoms with van der Waals surface area (Å²) in [4.78, 5) is 9.14. The SMILES string of the molecule is C=C(CC)c1ccc([C@H](CC)NC(=C)c2cc(C(=C)C)n3c(N)nc(C)c3n2)cc1.CC.CC. The number of rotatable bonds is 8. The summed E-state index contributed by atoms with van der Waals surface area (Å²) in [5.41, 5.74) is 14.4. The number of fused-ring (bicyclic) bond motifs is 1. The highest BCUT2D eigenvalue weighted by Crippen LogP contribution is 2.26. The predicted octanol–water partition coefficient (Wildman–Crippen LogP) is 7.84. The van der Waals surface area contributed by atoms with Crippen molar-refractivity contribution in [2.45, 2.75) is 74.3 Å². The average Bonchev–Trinajstić information content (AvgIpc) is 3.16. The number of imidazole rings is 1. The van der Waals surface area contributed by atoms with E-state index in [-0.39, 0.29) is 6.04 Å². The minimum atomic E-state index is 0.129. The molecular formula is C29H43N5. The maximum atomic E-state index is 6.09. The normalized spacial score (nSPS) is 10.9. The Labute approximate surface area is 206 Å². The molecule has 3 rings (SSSR count). The van der Waals surface area contributed by atoms with Gasteiger partial charge < -0.3 is 11.1 Å². The zero-order valence-electron chi connectivity index (χ0n) is 22.4. The third-order valence-electron chi connectivity index (χ3n) is 5.44. The lowest BCUT2D eigenvalue weighted by Crippen LogP contribution is -2.20. The third-order valence-corrected chi connectivity index (χ3v) is 5.44. The predicted molar refractivity (Wildman–Crippen MR) is 151 cm³/mol. The summed E-state index contributed by atoms with van der Waals surface area (Å²) in [5, 5.41) is 3.55. The van der Waals surface area contributed by atoms with Crippen molar-refractivity contribution in [3.05, 3.63) is 78.3 Å². The van der Waals surface area contributed by atoms with Crippen molar-refractivity contribution in [3.8, 4) is 0 Å². The van der Waals surface area contributed by atoms with Crippen molar-refractivity contribution >= 4 is 28.4 Å². The number of anilines is 1. The fraction of sp³-hybridized carbons (Fsp3) is 0.379. The fourth-order valence-electron chi connectivity index (χ4n) is 3.58. The first-order valence-electron chi connectivity index (χ1n) is 12.3. The van der Waals surface area contributed by atoms with Gasteiger partial charge in [0.2, 0.25) is 5.95 Å². The molecule has 184 valence electrons. The van der Waals surface area contributed by atoms with Crippen LogP contribution in [0.25, 0.3) is 22.5 Å². The highest BCUT2D eigenvalue weighted by molar-refractivity contribution is 5.71. The molecular weight excluding hydrogens is 418 g/mol. The van der Waals surface area contributed by atoms with Crippen LogP contribution in [0, 0.1) is 6.92 Å². The van der Waals surface area contributed by atoms with E-state index in [2.05, 4.69) is 68.2 Å². The van der Waals surface area contributed by atoms with Gasteiger partial charge in [-0.25, -0.2) is 9.97 Å². The van der Waals surface area contributed by atoms with Gasteiger partial charge in [-0.3, -0.25) is 4.40 Å². The van der Waals surface area contributed by atoms with E-state index in [1.165, 1.54) is 11.1 Å². The van der Waals surface area contributed by atoms with Gasteiger partial charge in [-0.05, 0) is 55.0 Å². The molecule has 3 N–H and O–H groups in total. The Morgan fingerprint density at radius 1 is 1.03 bits per heavy atom. The van der Waals surface area contributed by atoms with Crippen molar-refractivity contribution in [1.29, 1.82) is 0 Å². The maximum absolute atomic E-state index is 6.09. The van der Waals surface area contributed by atoms with Crippen molar-refractivity contribution in [3.63, 3.8) is 0 Å². The number of aromatic nitrogens is 3. The smallest absolute Gasteiger partial charge is 0.206 e. The lowest BCUT2D eigenvalue weighted by molar-refractivity contribution is 0.613. The van der Waals surface area contributed by atoms with Crippen LogP contribution >= 0.6 is 0 Å². The number of nitrogen functional groups attached to an aromatic ring is 1. The molecule has 3 aromatic rings. The number of hydrogen-bond donors (Lipinski definition) is 2. The molecule has 0 radical (unpaired) electrons. The molecule has 0 amide bonds.